The number of aliphatic hydroxyl groups is 1. The Morgan fingerprint density at radius 2 is 2.00 bits per heavy atom. The summed E-state index contributed by atoms with van der Waals surface area (Å²) in [4.78, 5) is 0. The number of phenols is 1. The van der Waals surface area contributed by atoms with Crippen LogP contribution in [0.1, 0.15) is 57.6 Å². The molecule has 22 heavy (non-hydrogen) atoms. The van der Waals surface area contributed by atoms with Gasteiger partial charge in [0.05, 0.1) is 7.11 Å². The average Bonchev–Trinajstić information content (AvgIpc) is 2.48. The van der Waals surface area contributed by atoms with Crippen LogP contribution < -0.4 is 4.74 Å². The van der Waals surface area contributed by atoms with E-state index in [0.717, 1.165) is 43.2 Å². The van der Waals surface area contributed by atoms with Crippen molar-refractivity contribution in [3.63, 3.8) is 0 Å². The van der Waals surface area contributed by atoms with Crippen molar-refractivity contribution < 1.29 is 14.9 Å². The smallest absolute Gasteiger partial charge is 0.160 e. The lowest BCUT2D eigenvalue weighted by atomic mass is 9.81. The molecule has 0 aliphatic rings. The maximum atomic E-state index is 9.87. The van der Waals surface area contributed by atoms with Crippen LogP contribution in [-0.4, -0.2) is 29.6 Å². The van der Waals surface area contributed by atoms with Crippen molar-refractivity contribution in [2.24, 2.45) is 5.41 Å². The highest BCUT2D eigenvalue weighted by molar-refractivity contribution is 5.98. The number of nitrogens with one attached hydrogen (secondary N) is 1. The number of aryl methyl sites for hydroxylation is 1. The van der Waals surface area contributed by atoms with Gasteiger partial charge in [0, 0.05) is 17.9 Å². The lowest BCUT2D eigenvalue weighted by molar-refractivity contribution is 0.120. The van der Waals surface area contributed by atoms with Gasteiger partial charge in [-0.05, 0) is 55.7 Å². The highest BCUT2D eigenvalue weighted by atomic mass is 16.5. The van der Waals surface area contributed by atoms with Crippen molar-refractivity contribution in [2.75, 3.05) is 13.7 Å². The van der Waals surface area contributed by atoms with Gasteiger partial charge in [0.1, 0.15) is 0 Å². The fraction of sp³-hybridized carbons (Fsp3) is 0.611. The molecular weight excluding hydrogens is 278 g/mol. The molecule has 0 aromatic heterocycles. The third kappa shape index (κ3) is 4.73. The number of ether oxygens (including phenoxy) is 1. The van der Waals surface area contributed by atoms with Crippen molar-refractivity contribution in [2.45, 2.75) is 52.9 Å². The average molecular weight is 307 g/mol. The van der Waals surface area contributed by atoms with Gasteiger partial charge in [0.2, 0.25) is 0 Å². The highest BCUT2D eigenvalue weighted by Gasteiger charge is 2.22. The topological polar surface area (TPSA) is 73.5 Å². The number of aromatic hydroxyl groups is 1. The van der Waals surface area contributed by atoms with Gasteiger partial charge in [-0.1, -0.05) is 20.3 Å². The Morgan fingerprint density at radius 3 is 2.50 bits per heavy atom. The van der Waals surface area contributed by atoms with Gasteiger partial charge >= 0.3 is 0 Å². The molecule has 1 atom stereocenters. The van der Waals surface area contributed by atoms with Crippen LogP contribution in [0.4, 0.5) is 0 Å². The van der Waals surface area contributed by atoms with Crippen molar-refractivity contribution in [3.05, 3.63) is 23.3 Å². The number of methoxy groups -OCH3 is 1. The lowest BCUT2D eigenvalue weighted by Gasteiger charge is -2.27. The van der Waals surface area contributed by atoms with Gasteiger partial charge in [-0.3, -0.25) is 0 Å². The maximum absolute atomic E-state index is 9.87. The first-order valence-electron chi connectivity index (χ1n) is 7.93. The predicted molar refractivity (Wildman–Crippen MR) is 90.2 cm³/mol. The molecule has 0 aliphatic heterocycles. The lowest BCUT2D eigenvalue weighted by Crippen LogP contribution is -2.21. The van der Waals surface area contributed by atoms with E-state index in [9.17, 15) is 10.2 Å². The van der Waals surface area contributed by atoms with Gasteiger partial charge in [-0.15, -0.1) is 0 Å². The zero-order valence-electron chi connectivity index (χ0n) is 14.2. The first-order chi connectivity index (χ1) is 10.4. The van der Waals surface area contributed by atoms with Crippen molar-refractivity contribution in [3.8, 4) is 11.5 Å². The Labute approximate surface area is 133 Å². The molecule has 0 heterocycles. The van der Waals surface area contributed by atoms with Gasteiger partial charge in [-0.25, -0.2) is 0 Å². The summed E-state index contributed by atoms with van der Waals surface area (Å²) in [5, 5.41) is 27.3. The number of aliphatic hydroxyl groups excluding tert-OH is 1. The van der Waals surface area contributed by atoms with E-state index in [-0.39, 0.29) is 17.8 Å². The molecule has 3 N–H and O–H groups in total. The fourth-order valence-electron chi connectivity index (χ4n) is 2.92. The zero-order valence-corrected chi connectivity index (χ0v) is 14.2. The number of hydrogen-bond donors (Lipinski definition) is 3. The van der Waals surface area contributed by atoms with Crippen molar-refractivity contribution in [1.82, 2.24) is 0 Å². The summed E-state index contributed by atoms with van der Waals surface area (Å²) >= 11 is 0. The number of rotatable bonds is 9. The largest absolute Gasteiger partial charge is 0.504 e. The van der Waals surface area contributed by atoms with Crippen molar-refractivity contribution in [1.29, 1.82) is 5.41 Å². The number of benzene rings is 1. The minimum Gasteiger partial charge on any atom is -0.504 e. The fourth-order valence-corrected chi connectivity index (χ4v) is 2.92. The van der Waals surface area contributed by atoms with Crippen LogP contribution in [0, 0.1) is 10.8 Å². The van der Waals surface area contributed by atoms with E-state index in [4.69, 9.17) is 10.1 Å². The van der Waals surface area contributed by atoms with E-state index in [1.165, 1.54) is 7.11 Å². The molecule has 0 fully saturated rings. The monoisotopic (exact) mass is 307 g/mol. The summed E-state index contributed by atoms with van der Waals surface area (Å²) in [5.41, 5.74) is 2.18. The van der Waals surface area contributed by atoms with E-state index in [2.05, 4.69) is 13.8 Å². The van der Waals surface area contributed by atoms with E-state index >= 15 is 0 Å². The van der Waals surface area contributed by atoms with Crippen LogP contribution in [0.3, 0.4) is 0 Å². The molecule has 0 amide bonds. The van der Waals surface area contributed by atoms with E-state index < -0.39 is 0 Å². The zero-order chi connectivity index (χ0) is 16.8. The Kier molecular flexibility index (Phi) is 6.88. The normalized spacial score (nSPS) is 13.7. The Morgan fingerprint density at radius 1 is 1.32 bits per heavy atom. The summed E-state index contributed by atoms with van der Waals surface area (Å²) in [6.07, 6.45) is 4.76. The second-order valence-corrected chi connectivity index (χ2v) is 6.38. The van der Waals surface area contributed by atoms with Crippen LogP contribution >= 0.6 is 0 Å². The Bertz CT molecular complexity index is 513. The molecule has 0 aliphatic carbocycles. The maximum Gasteiger partial charge on any atom is 0.160 e. The second kappa shape index (κ2) is 8.18. The second-order valence-electron chi connectivity index (χ2n) is 6.38. The first-order valence-corrected chi connectivity index (χ1v) is 7.93. The van der Waals surface area contributed by atoms with E-state index in [1.807, 2.05) is 6.07 Å². The molecule has 0 radical (unpaired) electrons. The van der Waals surface area contributed by atoms with Crippen LogP contribution in [0.2, 0.25) is 0 Å². The van der Waals surface area contributed by atoms with Gasteiger partial charge in [0.15, 0.2) is 11.5 Å². The summed E-state index contributed by atoms with van der Waals surface area (Å²) in [6, 6.07) is 3.42. The molecular formula is C18H29NO3. The molecule has 1 aromatic carbocycles. The van der Waals surface area contributed by atoms with Gasteiger partial charge in [-0.2, -0.15) is 0 Å². The predicted octanol–water partition coefficient (Wildman–Crippen LogP) is 3.91. The van der Waals surface area contributed by atoms with Crippen LogP contribution in [-0.2, 0) is 6.42 Å². The third-order valence-corrected chi connectivity index (χ3v) is 4.27. The Balaban J connectivity index is 2.86. The summed E-state index contributed by atoms with van der Waals surface area (Å²) in [6.45, 7) is 6.18. The quantitative estimate of drug-likeness (QED) is 0.606. The summed E-state index contributed by atoms with van der Waals surface area (Å²) in [7, 11) is 1.53. The van der Waals surface area contributed by atoms with Crippen LogP contribution in [0.25, 0.3) is 0 Å². The van der Waals surface area contributed by atoms with Gasteiger partial charge < -0.3 is 20.4 Å². The highest BCUT2D eigenvalue weighted by Crippen LogP contribution is 2.33. The minimum absolute atomic E-state index is 0.0321. The first kappa shape index (κ1) is 18.5. The molecule has 0 saturated carbocycles. The SMILES string of the molecule is CCC[C@@](C)(CO)CCCc1cc(OC)c(O)cc1C(C)=N. The number of phenolic OH excluding ortho intramolecular Hbond substituents is 1. The Hall–Kier alpha value is -1.55. The van der Waals surface area contributed by atoms with E-state index in [0.29, 0.717) is 11.5 Å². The molecule has 124 valence electrons. The molecule has 4 nitrogen and oxygen atoms in total. The third-order valence-electron chi connectivity index (χ3n) is 4.27. The van der Waals surface area contributed by atoms with Crippen molar-refractivity contribution >= 4 is 5.71 Å². The van der Waals surface area contributed by atoms with Gasteiger partial charge in [0.25, 0.3) is 0 Å². The molecule has 0 bridgehead atoms. The molecule has 1 aromatic rings. The summed E-state index contributed by atoms with van der Waals surface area (Å²) < 4.78 is 5.17. The van der Waals surface area contributed by atoms with Crippen LogP contribution in [0.5, 0.6) is 11.5 Å². The van der Waals surface area contributed by atoms with E-state index in [1.54, 1.807) is 13.0 Å². The van der Waals surface area contributed by atoms with Crippen LogP contribution in [0.15, 0.2) is 12.1 Å². The standard InChI is InChI=1S/C18H29NO3/c1-5-8-18(3,12-20)9-6-7-14-10-17(22-4)16(21)11-15(14)13(2)19/h10-11,19-21H,5-9,12H2,1-4H3/t18-/m1/s1. The molecule has 0 unspecified atom stereocenters. The number of hydrogen-bond acceptors (Lipinski definition) is 4. The molecule has 0 spiro atoms. The molecule has 1 rings (SSSR count). The summed E-state index contributed by atoms with van der Waals surface area (Å²) in [5.74, 6) is 0.512. The molecule has 0 saturated heterocycles. The molecule has 4 heteroatoms. The minimum atomic E-state index is -0.0321.